The summed E-state index contributed by atoms with van der Waals surface area (Å²) in [4.78, 5) is 11.0. The van der Waals surface area contributed by atoms with Crippen molar-refractivity contribution in [3.8, 4) is 0 Å². The van der Waals surface area contributed by atoms with E-state index >= 15 is 0 Å². The molecule has 0 radical (unpaired) electrons. The first kappa shape index (κ1) is 15.2. The van der Waals surface area contributed by atoms with Crippen LogP contribution in [0.4, 0.5) is 0 Å². The van der Waals surface area contributed by atoms with Crippen LogP contribution in [0, 0.1) is 0 Å². The zero-order valence-corrected chi connectivity index (χ0v) is 12.7. The average molecular weight is 318 g/mol. The minimum absolute atomic E-state index is 0.195. The van der Waals surface area contributed by atoms with E-state index < -0.39 is 0 Å². The van der Waals surface area contributed by atoms with Crippen molar-refractivity contribution in [3.63, 3.8) is 0 Å². The van der Waals surface area contributed by atoms with Crippen LogP contribution in [-0.2, 0) is 29.0 Å². The quantitative estimate of drug-likeness (QED) is 0.616. The van der Waals surface area contributed by atoms with Crippen LogP contribution in [0.5, 0.6) is 0 Å². The lowest BCUT2D eigenvalue weighted by Crippen LogP contribution is -2.20. The maximum atomic E-state index is 11.0. The molecule has 0 atom stereocenters. The summed E-state index contributed by atoms with van der Waals surface area (Å²) in [5, 5.41) is 7.74. The highest BCUT2D eigenvalue weighted by atomic mass is 79.9. The Morgan fingerprint density at radius 2 is 2.22 bits per heavy atom. The van der Waals surface area contributed by atoms with Crippen LogP contribution in [-0.4, -0.2) is 29.4 Å². The van der Waals surface area contributed by atoms with Crippen LogP contribution in [0.15, 0.2) is 4.47 Å². The molecule has 0 aromatic carbocycles. The minimum atomic E-state index is -0.195. The Morgan fingerprint density at radius 1 is 1.50 bits per heavy atom. The van der Waals surface area contributed by atoms with Crippen molar-refractivity contribution in [1.29, 1.82) is 0 Å². The number of aryl methyl sites for hydroxylation is 2. The number of rotatable bonds is 7. The SMILES string of the molecule is CCc1nn(CC)c(CNCCC(=O)OC)c1Br. The van der Waals surface area contributed by atoms with Crippen LogP contribution >= 0.6 is 15.9 Å². The maximum absolute atomic E-state index is 11.0. The van der Waals surface area contributed by atoms with Crippen LogP contribution in [0.3, 0.4) is 0 Å². The fraction of sp³-hybridized carbons (Fsp3) is 0.667. The van der Waals surface area contributed by atoms with E-state index in [1.54, 1.807) is 0 Å². The highest BCUT2D eigenvalue weighted by Gasteiger charge is 2.13. The Labute approximate surface area is 116 Å². The van der Waals surface area contributed by atoms with Gasteiger partial charge in [-0.25, -0.2) is 0 Å². The van der Waals surface area contributed by atoms with Crippen LogP contribution in [0.25, 0.3) is 0 Å². The van der Waals surface area contributed by atoms with Gasteiger partial charge in [-0.2, -0.15) is 5.10 Å². The lowest BCUT2D eigenvalue weighted by molar-refractivity contribution is -0.140. The summed E-state index contributed by atoms with van der Waals surface area (Å²) in [5.74, 6) is -0.195. The predicted molar refractivity (Wildman–Crippen MR) is 73.3 cm³/mol. The van der Waals surface area contributed by atoms with Crippen molar-refractivity contribution in [2.24, 2.45) is 0 Å². The third kappa shape index (κ3) is 3.81. The zero-order valence-electron chi connectivity index (χ0n) is 11.1. The predicted octanol–water partition coefficient (Wildman–Crippen LogP) is 1.88. The Hall–Kier alpha value is -0.880. The first-order valence-corrected chi connectivity index (χ1v) is 6.94. The van der Waals surface area contributed by atoms with Crippen LogP contribution in [0.2, 0.25) is 0 Å². The van der Waals surface area contributed by atoms with Crippen LogP contribution < -0.4 is 5.32 Å². The molecule has 1 heterocycles. The Morgan fingerprint density at radius 3 is 2.78 bits per heavy atom. The van der Waals surface area contributed by atoms with Gasteiger partial charge in [-0.3, -0.25) is 9.48 Å². The lowest BCUT2D eigenvalue weighted by Gasteiger charge is -2.07. The summed E-state index contributed by atoms with van der Waals surface area (Å²) in [6.45, 7) is 6.29. The molecule has 18 heavy (non-hydrogen) atoms. The third-order valence-electron chi connectivity index (χ3n) is 2.72. The molecule has 1 aromatic rings. The Bertz CT molecular complexity index is 404. The number of nitrogens with one attached hydrogen (secondary N) is 1. The molecule has 102 valence electrons. The van der Waals surface area contributed by atoms with Crippen LogP contribution in [0.1, 0.15) is 31.7 Å². The molecule has 0 spiro atoms. The minimum Gasteiger partial charge on any atom is -0.469 e. The largest absolute Gasteiger partial charge is 0.469 e. The first-order valence-electron chi connectivity index (χ1n) is 6.15. The molecule has 0 aliphatic heterocycles. The van der Waals surface area contributed by atoms with Crippen molar-refractivity contribution in [2.75, 3.05) is 13.7 Å². The van der Waals surface area contributed by atoms with Crippen molar-refractivity contribution in [2.45, 2.75) is 39.8 Å². The first-order chi connectivity index (χ1) is 8.63. The second-order valence-corrected chi connectivity index (χ2v) is 4.67. The molecule has 5 nitrogen and oxygen atoms in total. The van der Waals surface area contributed by atoms with Crippen molar-refractivity contribution < 1.29 is 9.53 Å². The maximum Gasteiger partial charge on any atom is 0.306 e. The molecule has 0 saturated heterocycles. The van der Waals surface area contributed by atoms with Crippen molar-refractivity contribution >= 4 is 21.9 Å². The number of carbonyl (C=O) groups is 1. The molecule has 0 unspecified atom stereocenters. The van der Waals surface area contributed by atoms with E-state index in [4.69, 9.17) is 0 Å². The summed E-state index contributed by atoms with van der Waals surface area (Å²) >= 11 is 3.58. The van der Waals surface area contributed by atoms with Gasteiger partial charge in [-0.15, -0.1) is 0 Å². The molecular weight excluding hydrogens is 298 g/mol. The summed E-state index contributed by atoms with van der Waals surface area (Å²) in [6, 6.07) is 0. The lowest BCUT2D eigenvalue weighted by atomic mass is 10.3. The van der Waals surface area contributed by atoms with E-state index in [9.17, 15) is 4.79 Å². The van der Waals surface area contributed by atoms with Crippen molar-refractivity contribution in [1.82, 2.24) is 15.1 Å². The van der Waals surface area contributed by atoms with Gasteiger partial charge in [-0.05, 0) is 29.3 Å². The number of nitrogens with zero attached hydrogens (tertiary/aromatic N) is 2. The molecule has 6 heteroatoms. The second-order valence-electron chi connectivity index (χ2n) is 3.88. The van der Waals surface area contributed by atoms with Gasteiger partial charge < -0.3 is 10.1 Å². The highest BCUT2D eigenvalue weighted by Crippen LogP contribution is 2.22. The van der Waals surface area contributed by atoms with Gasteiger partial charge >= 0.3 is 5.97 Å². The van der Waals surface area contributed by atoms with E-state index in [0.717, 1.165) is 28.8 Å². The normalized spacial score (nSPS) is 10.7. The molecule has 0 saturated carbocycles. The smallest absolute Gasteiger partial charge is 0.306 e. The number of hydrogen-bond acceptors (Lipinski definition) is 4. The summed E-state index contributed by atoms with van der Waals surface area (Å²) in [7, 11) is 1.40. The molecule has 1 aromatic heterocycles. The summed E-state index contributed by atoms with van der Waals surface area (Å²) in [6.07, 6.45) is 1.29. The number of hydrogen-bond donors (Lipinski definition) is 1. The number of aromatic nitrogens is 2. The number of ether oxygens (including phenoxy) is 1. The summed E-state index contributed by atoms with van der Waals surface area (Å²) in [5.41, 5.74) is 2.20. The van der Waals surface area contributed by atoms with E-state index in [1.165, 1.54) is 7.11 Å². The second kappa shape index (κ2) is 7.53. The molecule has 0 aliphatic rings. The molecule has 0 fully saturated rings. The number of esters is 1. The van der Waals surface area contributed by atoms with Gasteiger partial charge in [0.25, 0.3) is 0 Å². The fourth-order valence-electron chi connectivity index (χ4n) is 1.69. The highest BCUT2D eigenvalue weighted by molar-refractivity contribution is 9.10. The molecule has 0 amide bonds. The molecule has 0 bridgehead atoms. The fourth-order valence-corrected chi connectivity index (χ4v) is 2.39. The number of methoxy groups -OCH3 is 1. The van der Waals surface area contributed by atoms with E-state index in [1.807, 2.05) is 4.68 Å². The Kier molecular flexibility index (Phi) is 6.35. The number of carbonyl (C=O) groups excluding carboxylic acids is 1. The van der Waals surface area contributed by atoms with Gasteiger partial charge in [0, 0.05) is 19.6 Å². The van der Waals surface area contributed by atoms with Gasteiger partial charge in [0.15, 0.2) is 0 Å². The molecule has 0 aliphatic carbocycles. The average Bonchev–Trinajstić information content (AvgIpc) is 2.70. The van der Waals surface area contributed by atoms with E-state index in [0.29, 0.717) is 19.5 Å². The van der Waals surface area contributed by atoms with E-state index in [2.05, 4.69) is 44.9 Å². The molecular formula is C12H20BrN3O2. The van der Waals surface area contributed by atoms with Gasteiger partial charge in [-0.1, -0.05) is 6.92 Å². The van der Waals surface area contributed by atoms with Gasteiger partial charge in [0.1, 0.15) is 0 Å². The monoisotopic (exact) mass is 317 g/mol. The van der Waals surface area contributed by atoms with Gasteiger partial charge in [0.2, 0.25) is 0 Å². The zero-order chi connectivity index (χ0) is 13.5. The van der Waals surface area contributed by atoms with E-state index in [-0.39, 0.29) is 5.97 Å². The molecule has 1 rings (SSSR count). The van der Waals surface area contributed by atoms with Crippen molar-refractivity contribution in [3.05, 3.63) is 15.9 Å². The topological polar surface area (TPSA) is 56.2 Å². The third-order valence-corrected chi connectivity index (χ3v) is 3.64. The standard InChI is InChI=1S/C12H20BrN3O2/c1-4-9-12(13)10(16(5-2)15-9)8-14-7-6-11(17)18-3/h14H,4-8H2,1-3H3. The Balaban J connectivity index is 2.55. The summed E-state index contributed by atoms with van der Waals surface area (Å²) < 4.78 is 7.63. The van der Waals surface area contributed by atoms with Gasteiger partial charge in [0.05, 0.1) is 29.4 Å². The number of halogens is 1. The molecule has 1 N–H and O–H groups in total.